The topological polar surface area (TPSA) is 77.5 Å². The Bertz CT molecular complexity index is 814. The molecule has 0 aliphatic heterocycles. The van der Waals surface area contributed by atoms with Crippen LogP contribution in [0.1, 0.15) is 10.5 Å². The fourth-order valence-electron chi connectivity index (χ4n) is 1.70. The number of ether oxygens (including phenoxy) is 2. The molecule has 1 heterocycles. The number of carbonyl (C=O) groups is 2. The van der Waals surface area contributed by atoms with Gasteiger partial charge in [-0.25, -0.2) is 9.78 Å². The number of hydrogen-bond donors (Lipinski definition) is 1. The maximum Gasteiger partial charge on any atom is 0.573 e. The van der Waals surface area contributed by atoms with Gasteiger partial charge in [0, 0.05) is 5.69 Å². The van der Waals surface area contributed by atoms with Crippen molar-refractivity contribution in [2.75, 3.05) is 11.9 Å². The van der Waals surface area contributed by atoms with E-state index < -0.39 is 30.6 Å². The summed E-state index contributed by atoms with van der Waals surface area (Å²) in [5.41, 5.74) is -0.0693. The number of hydrogen-bond acceptors (Lipinski definition) is 5. The van der Waals surface area contributed by atoms with Gasteiger partial charge in [0.05, 0.1) is 5.02 Å². The Kier molecular flexibility index (Phi) is 6.27. The highest BCUT2D eigenvalue weighted by Gasteiger charge is 2.31. The van der Waals surface area contributed by atoms with Crippen molar-refractivity contribution < 1.29 is 32.2 Å². The van der Waals surface area contributed by atoms with Crippen LogP contribution < -0.4 is 10.1 Å². The molecule has 0 atom stereocenters. The molecule has 138 valence electrons. The summed E-state index contributed by atoms with van der Waals surface area (Å²) in [7, 11) is 0. The molecule has 1 aromatic heterocycles. The minimum Gasteiger partial charge on any atom is -0.451 e. The van der Waals surface area contributed by atoms with E-state index in [0.717, 1.165) is 12.1 Å². The van der Waals surface area contributed by atoms with Crippen molar-refractivity contribution in [1.29, 1.82) is 0 Å². The molecule has 2 aromatic rings. The van der Waals surface area contributed by atoms with Crippen LogP contribution in [-0.4, -0.2) is 29.8 Å². The number of pyridine rings is 1. The Hall–Kier alpha value is -2.52. The molecule has 0 radical (unpaired) electrons. The summed E-state index contributed by atoms with van der Waals surface area (Å²) in [5, 5.41) is 2.35. The summed E-state index contributed by atoms with van der Waals surface area (Å²) < 4.78 is 44.6. The van der Waals surface area contributed by atoms with Gasteiger partial charge in [-0.3, -0.25) is 4.79 Å². The first kappa shape index (κ1) is 19.8. The smallest absolute Gasteiger partial charge is 0.451 e. The van der Waals surface area contributed by atoms with Crippen LogP contribution in [0.25, 0.3) is 0 Å². The number of esters is 1. The fourth-order valence-corrected chi connectivity index (χ4v) is 2.03. The zero-order valence-corrected chi connectivity index (χ0v) is 14.2. The third-order valence-electron chi connectivity index (χ3n) is 2.71. The van der Waals surface area contributed by atoms with E-state index in [1.54, 1.807) is 0 Å². The Morgan fingerprint density at radius 3 is 2.35 bits per heavy atom. The molecule has 11 heteroatoms. The van der Waals surface area contributed by atoms with Crippen molar-refractivity contribution in [1.82, 2.24) is 4.98 Å². The van der Waals surface area contributed by atoms with Crippen LogP contribution in [0.2, 0.25) is 10.2 Å². The number of anilines is 1. The second-order valence-electron chi connectivity index (χ2n) is 4.66. The molecule has 26 heavy (non-hydrogen) atoms. The fraction of sp³-hybridized carbons (Fsp3) is 0.133. The van der Waals surface area contributed by atoms with Gasteiger partial charge in [-0.05, 0) is 36.4 Å². The van der Waals surface area contributed by atoms with Gasteiger partial charge in [-0.1, -0.05) is 23.2 Å². The van der Waals surface area contributed by atoms with Crippen LogP contribution in [-0.2, 0) is 9.53 Å². The monoisotopic (exact) mass is 408 g/mol. The molecular weight excluding hydrogens is 400 g/mol. The maximum absolute atomic E-state index is 12.1. The van der Waals surface area contributed by atoms with Gasteiger partial charge in [0.25, 0.3) is 5.91 Å². The van der Waals surface area contributed by atoms with Crippen LogP contribution in [0.5, 0.6) is 5.75 Å². The number of nitrogens with zero attached hydrogens (tertiary/aromatic N) is 1. The van der Waals surface area contributed by atoms with Gasteiger partial charge in [0.1, 0.15) is 10.9 Å². The Balaban J connectivity index is 1.88. The van der Waals surface area contributed by atoms with E-state index >= 15 is 0 Å². The average Bonchev–Trinajstić information content (AvgIpc) is 2.55. The third-order valence-corrected chi connectivity index (χ3v) is 3.23. The lowest BCUT2D eigenvalue weighted by Gasteiger charge is -2.10. The first-order valence-electron chi connectivity index (χ1n) is 6.79. The van der Waals surface area contributed by atoms with Crippen LogP contribution in [0.3, 0.4) is 0 Å². The Morgan fingerprint density at radius 1 is 1.08 bits per heavy atom. The van der Waals surface area contributed by atoms with E-state index in [4.69, 9.17) is 27.9 Å². The lowest BCUT2D eigenvalue weighted by atomic mass is 10.3. The Labute approximate surface area is 154 Å². The average molecular weight is 409 g/mol. The molecule has 0 aliphatic carbocycles. The van der Waals surface area contributed by atoms with Crippen molar-refractivity contribution in [3.63, 3.8) is 0 Å². The van der Waals surface area contributed by atoms with Crippen LogP contribution >= 0.6 is 23.2 Å². The molecule has 1 aromatic carbocycles. The summed E-state index contributed by atoms with van der Waals surface area (Å²) in [5.74, 6) is -2.12. The highest BCUT2D eigenvalue weighted by atomic mass is 35.5. The van der Waals surface area contributed by atoms with Gasteiger partial charge in [0.15, 0.2) is 12.3 Å². The summed E-state index contributed by atoms with van der Waals surface area (Å²) in [6, 6.07) is 7.14. The number of benzene rings is 1. The van der Waals surface area contributed by atoms with Crippen LogP contribution in [0, 0.1) is 0 Å². The van der Waals surface area contributed by atoms with Gasteiger partial charge in [-0.2, -0.15) is 0 Å². The molecule has 2 rings (SSSR count). The molecule has 0 unspecified atom stereocenters. The number of halogens is 5. The lowest BCUT2D eigenvalue weighted by Crippen LogP contribution is -2.21. The van der Waals surface area contributed by atoms with Gasteiger partial charge in [0.2, 0.25) is 0 Å². The minimum atomic E-state index is -4.81. The molecular formula is C15H9Cl2F3N2O4. The first-order valence-corrected chi connectivity index (χ1v) is 7.54. The predicted octanol–water partition coefficient (Wildman–Crippen LogP) is 4.08. The number of rotatable bonds is 5. The third kappa shape index (κ3) is 6.08. The van der Waals surface area contributed by atoms with Gasteiger partial charge < -0.3 is 14.8 Å². The predicted molar refractivity (Wildman–Crippen MR) is 86.3 cm³/mol. The number of alkyl halides is 3. The second-order valence-corrected chi connectivity index (χ2v) is 5.46. The lowest BCUT2D eigenvalue weighted by molar-refractivity contribution is -0.274. The number of nitrogens with one attached hydrogen (secondary N) is 1. The Morgan fingerprint density at radius 2 is 1.73 bits per heavy atom. The molecule has 0 aliphatic rings. The molecule has 1 N–H and O–H groups in total. The van der Waals surface area contributed by atoms with Crippen molar-refractivity contribution in [3.8, 4) is 5.75 Å². The van der Waals surface area contributed by atoms with E-state index in [1.165, 1.54) is 24.3 Å². The zero-order chi connectivity index (χ0) is 19.3. The van der Waals surface area contributed by atoms with E-state index in [-0.39, 0.29) is 21.6 Å². The van der Waals surface area contributed by atoms with E-state index in [1.807, 2.05) is 0 Å². The molecule has 0 bridgehead atoms. The first-order chi connectivity index (χ1) is 12.1. The molecule has 0 fully saturated rings. The minimum absolute atomic E-state index is 0.0000570. The van der Waals surface area contributed by atoms with Gasteiger partial charge in [-0.15, -0.1) is 13.2 Å². The SMILES string of the molecule is O=C(COC(=O)c1nc(Cl)ccc1Cl)Nc1ccc(OC(F)(F)F)cc1. The summed E-state index contributed by atoms with van der Waals surface area (Å²) in [6.07, 6.45) is -4.81. The van der Waals surface area contributed by atoms with Crippen LogP contribution in [0.15, 0.2) is 36.4 Å². The maximum atomic E-state index is 12.1. The summed E-state index contributed by atoms with van der Waals surface area (Å²) >= 11 is 11.4. The zero-order valence-electron chi connectivity index (χ0n) is 12.6. The molecule has 0 saturated heterocycles. The second kappa shape index (κ2) is 8.24. The molecule has 6 nitrogen and oxygen atoms in total. The van der Waals surface area contributed by atoms with Crippen molar-refractivity contribution in [2.24, 2.45) is 0 Å². The standard InChI is InChI=1S/C15H9Cl2F3N2O4/c16-10-5-6-11(17)22-13(10)14(24)25-7-12(23)21-8-1-3-9(4-2-8)26-15(18,19)20/h1-6H,7H2,(H,21,23). The summed E-state index contributed by atoms with van der Waals surface area (Å²) in [4.78, 5) is 27.3. The van der Waals surface area contributed by atoms with E-state index in [9.17, 15) is 22.8 Å². The largest absolute Gasteiger partial charge is 0.573 e. The number of aromatic nitrogens is 1. The number of carbonyl (C=O) groups excluding carboxylic acids is 2. The van der Waals surface area contributed by atoms with E-state index in [2.05, 4.69) is 15.0 Å². The van der Waals surface area contributed by atoms with Gasteiger partial charge >= 0.3 is 12.3 Å². The van der Waals surface area contributed by atoms with Crippen molar-refractivity contribution in [3.05, 3.63) is 52.3 Å². The molecule has 0 spiro atoms. The highest BCUT2D eigenvalue weighted by Crippen LogP contribution is 2.24. The quantitative estimate of drug-likeness (QED) is 0.595. The normalized spacial score (nSPS) is 11.0. The highest BCUT2D eigenvalue weighted by molar-refractivity contribution is 6.34. The van der Waals surface area contributed by atoms with Crippen LogP contribution in [0.4, 0.5) is 18.9 Å². The molecule has 1 amide bonds. The van der Waals surface area contributed by atoms with Crippen molar-refractivity contribution >= 4 is 40.8 Å². The number of amides is 1. The summed E-state index contributed by atoms with van der Waals surface area (Å²) in [6.45, 7) is -0.663. The van der Waals surface area contributed by atoms with Crippen molar-refractivity contribution in [2.45, 2.75) is 6.36 Å². The molecule has 0 saturated carbocycles. The van der Waals surface area contributed by atoms with E-state index in [0.29, 0.717) is 0 Å².